The maximum atomic E-state index is 10.5. The zero-order chi connectivity index (χ0) is 15.0. The summed E-state index contributed by atoms with van der Waals surface area (Å²) in [5.41, 5.74) is 0.0652. The molecule has 0 aliphatic heterocycles. The van der Waals surface area contributed by atoms with E-state index in [4.69, 9.17) is 9.47 Å². The molecule has 6 nitrogen and oxygen atoms in total. The van der Waals surface area contributed by atoms with Crippen molar-refractivity contribution in [1.29, 1.82) is 0 Å². The van der Waals surface area contributed by atoms with Crippen LogP contribution in [0, 0.1) is 16.0 Å². The van der Waals surface area contributed by atoms with Gasteiger partial charge in [0.2, 0.25) is 0 Å². The Hall–Kier alpha value is -1.66. The molecule has 1 N–H and O–H groups in total. The molecule has 0 aliphatic carbocycles. The minimum atomic E-state index is -0.427. The highest BCUT2D eigenvalue weighted by atomic mass is 16.6. The first-order valence-electron chi connectivity index (χ1n) is 6.64. The number of nitrogens with zero attached hydrogens (tertiary/aromatic N) is 1. The molecule has 1 aromatic carbocycles. The highest BCUT2D eigenvalue weighted by Gasteiger charge is 2.11. The number of nitro benzene ring substituents is 1. The SMILES string of the molecule is COCC(NCCOc1ccc([N+](=O)[O-])cc1)C(C)C. The third-order valence-corrected chi connectivity index (χ3v) is 2.98. The van der Waals surface area contributed by atoms with Crippen molar-refractivity contribution >= 4 is 5.69 Å². The summed E-state index contributed by atoms with van der Waals surface area (Å²) in [6.45, 7) is 6.13. The summed E-state index contributed by atoms with van der Waals surface area (Å²) in [5.74, 6) is 1.11. The Morgan fingerprint density at radius 3 is 2.45 bits per heavy atom. The Morgan fingerprint density at radius 2 is 1.95 bits per heavy atom. The molecule has 1 aromatic rings. The zero-order valence-corrected chi connectivity index (χ0v) is 12.2. The van der Waals surface area contributed by atoms with Crippen LogP contribution >= 0.6 is 0 Å². The lowest BCUT2D eigenvalue weighted by Crippen LogP contribution is -2.39. The number of rotatable bonds is 9. The Labute approximate surface area is 119 Å². The number of nitro groups is 1. The summed E-state index contributed by atoms with van der Waals surface area (Å²) < 4.78 is 10.7. The molecule has 0 aromatic heterocycles. The Balaban J connectivity index is 2.31. The molecular formula is C14H22N2O4. The van der Waals surface area contributed by atoms with Crippen molar-refractivity contribution in [3.63, 3.8) is 0 Å². The van der Waals surface area contributed by atoms with Crippen LogP contribution in [0.5, 0.6) is 5.75 Å². The van der Waals surface area contributed by atoms with Crippen LogP contribution in [0.3, 0.4) is 0 Å². The standard InChI is InChI=1S/C14H22N2O4/c1-11(2)14(10-19-3)15-8-9-20-13-6-4-12(5-7-13)16(17)18/h4-7,11,14-15H,8-10H2,1-3H3. The molecule has 0 bridgehead atoms. The minimum absolute atomic E-state index is 0.0652. The molecule has 1 atom stereocenters. The lowest BCUT2D eigenvalue weighted by atomic mass is 10.1. The first-order chi connectivity index (χ1) is 9.54. The van der Waals surface area contributed by atoms with E-state index in [0.29, 0.717) is 37.5 Å². The van der Waals surface area contributed by atoms with Crippen LogP contribution in [-0.4, -0.2) is 37.8 Å². The zero-order valence-electron chi connectivity index (χ0n) is 12.2. The Bertz CT molecular complexity index is 406. The Kier molecular flexibility index (Phi) is 6.97. The predicted octanol–water partition coefficient (Wildman–Crippen LogP) is 2.23. The van der Waals surface area contributed by atoms with Crippen LogP contribution < -0.4 is 10.1 Å². The smallest absolute Gasteiger partial charge is 0.269 e. The fourth-order valence-corrected chi connectivity index (χ4v) is 1.74. The minimum Gasteiger partial charge on any atom is -0.492 e. The molecule has 112 valence electrons. The average molecular weight is 282 g/mol. The van der Waals surface area contributed by atoms with E-state index < -0.39 is 4.92 Å². The maximum Gasteiger partial charge on any atom is 0.269 e. The second kappa shape index (κ2) is 8.50. The van der Waals surface area contributed by atoms with Crippen LogP contribution in [0.4, 0.5) is 5.69 Å². The van der Waals surface area contributed by atoms with Gasteiger partial charge in [0.05, 0.1) is 11.5 Å². The van der Waals surface area contributed by atoms with Gasteiger partial charge in [-0.15, -0.1) is 0 Å². The van der Waals surface area contributed by atoms with Crippen LogP contribution in [0.15, 0.2) is 24.3 Å². The highest BCUT2D eigenvalue weighted by Crippen LogP contribution is 2.16. The van der Waals surface area contributed by atoms with E-state index in [1.807, 2.05) is 0 Å². The van der Waals surface area contributed by atoms with Crippen LogP contribution in [0.2, 0.25) is 0 Å². The van der Waals surface area contributed by atoms with Crippen molar-refractivity contribution < 1.29 is 14.4 Å². The first-order valence-corrected chi connectivity index (χ1v) is 6.64. The van der Waals surface area contributed by atoms with E-state index in [-0.39, 0.29) is 5.69 Å². The molecule has 6 heteroatoms. The number of ether oxygens (including phenoxy) is 2. The van der Waals surface area contributed by atoms with Crippen molar-refractivity contribution in [3.8, 4) is 5.75 Å². The highest BCUT2D eigenvalue weighted by molar-refractivity contribution is 5.35. The molecule has 0 radical (unpaired) electrons. The number of methoxy groups -OCH3 is 1. The molecule has 0 aliphatic rings. The van der Waals surface area contributed by atoms with Gasteiger partial charge < -0.3 is 14.8 Å². The predicted molar refractivity (Wildman–Crippen MR) is 77.1 cm³/mol. The van der Waals surface area contributed by atoms with Crippen molar-refractivity contribution in [1.82, 2.24) is 5.32 Å². The van der Waals surface area contributed by atoms with Gasteiger partial charge in [-0.05, 0) is 18.1 Å². The third kappa shape index (κ3) is 5.54. The second-order valence-electron chi connectivity index (χ2n) is 4.86. The van der Waals surface area contributed by atoms with Crippen LogP contribution in [0.1, 0.15) is 13.8 Å². The number of benzene rings is 1. The van der Waals surface area contributed by atoms with Crippen molar-refractivity contribution in [2.24, 2.45) is 5.92 Å². The van der Waals surface area contributed by atoms with Gasteiger partial charge in [0.25, 0.3) is 5.69 Å². The molecule has 0 saturated carbocycles. The topological polar surface area (TPSA) is 73.6 Å². The summed E-state index contributed by atoms with van der Waals surface area (Å²) in [6, 6.07) is 6.37. The van der Waals surface area contributed by atoms with Gasteiger partial charge in [0, 0.05) is 31.8 Å². The number of hydrogen-bond acceptors (Lipinski definition) is 5. The first kappa shape index (κ1) is 16.4. The fraction of sp³-hybridized carbons (Fsp3) is 0.571. The maximum absolute atomic E-state index is 10.5. The fourth-order valence-electron chi connectivity index (χ4n) is 1.74. The summed E-state index contributed by atoms with van der Waals surface area (Å²) in [7, 11) is 1.68. The van der Waals surface area contributed by atoms with Crippen molar-refractivity contribution in [2.45, 2.75) is 19.9 Å². The number of hydrogen-bond donors (Lipinski definition) is 1. The monoisotopic (exact) mass is 282 g/mol. The summed E-state index contributed by atoms with van der Waals surface area (Å²) >= 11 is 0. The molecule has 1 rings (SSSR count). The molecule has 0 saturated heterocycles. The van der Waals surface area contributed by atoms with Gasteiger partial charge in [-0.2, -0.15) is 0 Å². The van der Waals surface area contributed by atoms with Gasteiger partial charge in [-0.25, -0.2) is 0 Å². The molecule has 0 spiro atoms. The quantitative estimate of drug-likeness (QED) is 0.427. The molecule has 0 amide bonds. The molecule has 0 fully saturated rings. The van der Waals surface area contributed by atoms with Crippen LogP contribution in [0.25, 0.3) is 0 Å². The summed E-state index contributed by atoms with van der Waals surface area (Å²) in [4.78, 5) is 10.1. The summed E-state index contributed by atoms with van der Waals surface area (Å²) in [6.07, 6.45) is 0. The van der Waals surface area contributed by atoms with Gasteiger partial charge in [0.1, 0.15) is 12.4 Å². The molecule has 0 heterocycles. The van der Waals surface area contributed by atoms with Gasteiger partial charge in [0.15, 0.2) is 0 Å². The number of non-ortho nitro benzene ring substituents is 1. The van der Waals surface area contributed by atoms with Crippen LogP contribution in [-0.2, 0) is 4.74 Å². The largest absolute Gasteiger partial charge is 0.492 e. The molecule has 20 heavy (non-hydrogen) atoms. The second-order valence-corrected chi connectivity index (χ2v) is 4.86. The van der Waals surface area contributed by atoms with E-state index in [1.54, 1.807) is 19.2 Å². The van der Waals surface area contributed by atoms with E-state index in [2.05, 4.69) is 19.2 Å². The lowest BCUT2D eigenvalue weighted by molar-refractivity contribution is -0.384. The van der Waals surface area contributed by atoms with E-state index in [0.717, 1.165) is 0 Å². The normalized spacial score (nSPS) is 12.4. The lowest BCUT2D eigenvalue weighted by Gasteiger charge is -2.21. The number of nitrogens with one attached hydrogen (secondary N) is 1. The van der Waals surface area contributed by atoms with Crippen molar-refractivity contribution in [2.75, 3.05) is 26.9 Å². The third-order valence-electron chi connectivity index (χ3n) is 2.98. The summed E-state index contributed by atoms with van der Waals surface area (Å²) in [5, 5.41) is 13.9. The Morgan fingerprint density at radius 1 is 1.30 bits per heavy atom. The van der Waals surface area contributed by atoms with E-state index >= 15 is 0 Å². The van der Waals surface area contributed by atoms with E-state index in [9.17, 15) is 10.1 Å². The van der Waals surface area contributed by atoms with Gasteiger partial charge in [-0.3, -0.25) is 10.1 Å². The average Bonchev–Trinajstić information content (AvgIpc) is 2.42. The van der Waals surface area contributed by atoms with Crippen molar-refractivity contribution in [3.05, 3.63) is 34.4 Å². The molecular weight excluding hydrogens is 260 g/mol. The van der Waals surface area contributed by atoms with E-state index in [1.165, 1.54) is 12.1 Å². The van der Waals surface area contributed by atoms with Gasteiger partial charge in [-0.1, -0.05) is 13.8 Å². The van der Waals surface area contributed by atoms with Gasteiger partial charge >= 0.3 is 0 Å². The molecule has 1 unspecified atom stereocenters.